The maximum Gasteiger partial charge on any atom is 0.241 e. The summed E-state index contributed by atoms with van der Waals surface area (Å²) in [6.45, 7) is 7.84. The van der Waals surface area contributed by atoms with Crippen LogP contribution in [0.15, 0.2) is 35.7 Å². The number of thiophene rings is 1. The Labute approximate surface area is 169 Å². The molecule has 0 bridgehead atoms. The SMILES string of the molecule is Cc1c(Cl)cccc1NC(=O)C(C)NCC(c1cccs1)N1CCOCC1. The predicted octanol–water partition coefficient (Wildman–Crippen LogP) is 3.70. The molecule has 2 atom stereocenters. The van der Waals surface area contributed by atoms with Gasteiger partial charge in [-0.3, -0.25) is 9.69 Å². The summed E-state index contributed by atoms with van der Waals surface area (Å²) < 4.78 is 5.48. The quantitative estimate of drug-likeness (QED) is 0.734. The predicted molar refractivity (Wildman–Crippen MR) is 112 cm³/mol. The Bertz CT molecular complexity index is 748. The number of morpholine rings is 1. The number of nitrogens with one attached hydrogen (secondary N) is 2. The van der Waals surface area contributed by atoms with Crippen molar-refractivity contribution in [1.82, 2.24) is 10.2 Å². The Morgan fingerprint density at radius 3 is 2.78 bits per heavy atom. The summed E-state index contributed by atoms with van der Waals surface area (Å²) in [5.41, 5.74) is 1.63. The smallest absolute Gasteiger partial charge is 0.241 e. The molecule has 146 valence electrons. The van der Waals surface area contributed by atoms with Crippen LogP contribution in [0.3, 0.4) is 0 Å². The molecule has 0 aliphatic carbocycles. The van der Waals surface area contributed by atoms with Crippen LogP contribution < -0.4 is 10.6 Å². The molecular weight excluding hydrogens is 382 g/mol. The first kappa shape index (κ1) is 20.3. The van der Waals surface area contributed by atoms with Crippen LogP contribution in [0.2, 0.25) is 5.02 Å². The van der Waals surface area contributed by atoms with Crippen LogP contribution >= 0.6 is 22.9 Å². The molecule has 1 fully saturated rings. The number of amides is 1. The van der Waals surface area contributed by atoms with Crippen molar-refractivity contribution in [1.29, 1.82) is 0 Å². The summed E-state index contributed by atoms with van der Waals surface area (Å²) in [6.07, 6.45) is 0. The molecule has 0 spiro atoms. The van der Waals surface area contributed by atoms with Gasteiger partial charge in [0.1, 0.15) is 0 Å². The Morgan fingerprint density at radius 2 is 2.07 bits per heavy atom. The number of anilines is 1. The average molecular weight is 408 g/mol. The maximum atomic E-state index is 12.6. The standard InChI is InChI=1S/C20H26ClN3O2S/c1-14-16(21)5-3-6-17(14)23-20(25)15(2)22-13-18(19-7-4-12-27-19)24-8-10-26-11-9-24/h3-7,12,15,18,22H,8-11,13H2,1-2H3,(H,23,25). The summed E-state index contributed by atoms with van der Waals surface area (Å²) >= 11 is 7.89. The average Bonchev–Trinajstić information content (AvgIpc) is 3.20. The van der Waals surface area contributed by atoms with E-state index in [1.165, 1.54) is 4.88 Å². The van der Waals surface area contributed by atoms with Crippen LogP contribution in [0.5, 0.6) is 0 Å². The molecule has 27 heavy (non-hydrogen) atoms. The summed E-state index contributed by atoms with van der Waals surface area (Å²) in [7, 11) is 0. The lowest BCUT2D eigenvalue weighted by Gasteiger charge is -2.34. The van der Waals surface area contributed by atoms with E-state index in [9.17, 15) is 4.79 Å². The van der Waals surface area contributed by atoms with E-state index in [4.69, 9.17) is 16.3 Å². The van der Waals surface area contributed by atoms with Gasteiger partial charge in [-0.05, 0) is 43.0 Å². The first-order valence-corrected chi connectivity index (χ1v) is 10.5. The Hall–Kier alpha value is -1.44. The van der Waals surface area contributed by atoms with Crippen LogP contribution in [0.4, 0.5) is 5.69 Å². The van der Waals surface area contributed by atoms with Crippen molar-refractivity contribution >= 4 is 34.5 Å². The zero-order valence-electron chi connectivity index (χ0n) is 15.7. The van der Waals surface area contributed by atoms with Gasteiger partial charge in [0.25, 0.3) is 0 Å². The van der Waals surface area contributed by atoms with Crippen LogP contribution in [0.25, 0.3) is 0 Å². The molecule has 0 saturated carbocycles. The van der Waals surface area contributed by atoms with Crippen molar-refractivity contribution in [2.24, 2.45) is 0 Å². The number of rotatable bonds is 7. The van der Waals surface area contributed by atoms with E-state index in [2.05, 4.69) is 33.0 Å². The largest absolute Gasteiger partial charge is 0.379 e. The third-order valence-corrected chi connectivity index (χ3v) is 6.28. The second-order valence-corrected chi connectivity index (χ2v) is 8.10. The zero-order valence-corrected chi connectivity index (χ0v) is 17.3. The molecule has 2 heterocycles. The van der Waals surface area contributed by atoms with E-state index in [1.807, 2.05) is 32.0 Å². The molecule has 1 aliphatic heterocycles. The highest BCUT2D eigenvalue weighted by Crippen LogP contribution is 2.26. The van der Waals surface area contributed by atoms with E-state index in [-0.39, 0.29) is 18.0 Å². The molecule has 1 amide bonds. The van der Waals surface area contributed by atoms with Gasteiger partial charge in [-0.15, -0.1) is 11.3 Å². The third kappa shape index (κ3) is 5.30. The van der Waals surface area contributed by atoms with Crippen molar-refractivity contribution < 1.29 is 9.53 Å². The Balaban J connectivity index is 1.60. The number of carbonyl (C=O) groups excluding carboxylic acids is 1. The molecule has 1 saturated heterocycles. The molecule has 3 rings (SSSR count). The van der Waals surface area contributed by atoms with Gasteiger partial charge < -0.3 is 15.4 Å². The van der Waals surface area contributed by atoms with E-state index >= 15 is 0 Å². The summed E-state index contributed by atoms with van der Waals surface area (Å²) in [5, 5.41) is 9.12. The topological polar surface area (TPSA) is 53.6 Å². The fraction of sp³-hybridized carbons (Fsp3) is 0.450. The van der Waals surface area contributed by atoms with Crippen LogP contribution in [0.1, 0.15) is 23.4 Å². The highest BCUT2D eigenvalue weighted by molar-refractivity contribution is 7.10. The minimum Gasteiger partial charge on any atom is -0.379 e. The summed E-state index contributed by atoms with van der Waals surface area (Å²) in [6, 6.07) is 9.70. The molecule has 1 aromatic heterocycles. The molecular formula is C20H26ClN3O2S. The maximum absolute atomic E-state index is 12.6. The minimum atomic E-state index is -0.313. The van der Waals surface area contributed by atoms with Gasteiger partial charge in [0, 0.05) is 35.2 Å². The van der Waals surface area contributed by atoms with E-state index in [0.717, 1.165) is 37.6 Å². The fourth-order valence-electron chi connectivity index (χ4n) is 3.14. The number of hydrogen-bond acceptors (Lipinski definition) is 5. The number of nitrogens with zero attached hydrogens (tertiary/aromatic N) is 1. The van der Waals surface area contributed by atoms with Crippen molar-refractivity contribution in [2.45, 2.75) is 25.9 Å². The van der Waals surface area contributed by atoms with Gasteiger partial charge >= 0.3 is 0 Å². The molecule has 0 radical (unpaired) electrons. The van der Waals surface area contributed by atoms with Crippen LogP contribution in [-0.4, -0.2) is 49.7 Å². The van der Waals surface area contributed by atoms with Gasteiger partial charge in [-0.1, -0.05) is 23.7 Å². The highest BCUT2D eigenvalue weighted by Gasteiger charge is 2.25. The Morgan fingerprint density at radius 1 is 1.30 bits per heavy atom. The molecule has 7 heteroatoms. The first-order valence-electron chi connectivity index (χ1n) is 9.21. The first-order chi connectivity index (χ1) is 13.1. The van der Waals surface area contributed by atoms with Gasteiger partial charge in [-0.25, -0.2) is 0 Å². The van der Waals surface area contributed by atoms with E-state index in [1.54, 1.807) is 11.3 Å². The number of benzene rings is 1. The highest BCUT2D eigenvalue weighted by atomic mass is 35.5. The fourth-order valence-corrected chi connectivity index (χ4v) is 4.18. The van der Waals surface area contributed by atoms with Crippen molar-refractivity contribution in [3.05, 3.63) is 51.2 Å². The minimum absolute atomic E-state index is 0.0627. The van der Waals surface area contributed by atoms with Gasteiger partial charge in [0.2, 0.25) is 5.91 Å². The second kappa shape index (κ2) is 9.66. The molecule has 5 nitrogen and oxygen atoms in total. The van der Waals surface area contributed by atoms with Crippen LogP contribution in [-0.2, 0) is 9.53 Å². The molecule has 2 N–H and O–H groups in total. The molecule has 2 unspecified atom stereocenters. The Kier molecular flexibility index (Phi) is 7.26. The second-order valence-electron chi connectivity index (χ2n) is 6.71. The zero-order chi connectivity index (χ0) is 19.2. The number of ether oxygens (including phenoxy) is 1. The third-order valence-electron chi connectivity index (χ3n) is 4.89. The molecule has 2 aromatic rings. The van der Waals surface area contributed by atoms with Gasteiger partial charge in [-0.2, -0.15) is 0 Å². The van der Waals surface area contributed by atoms with Crippen molar-refractivity contribution in [3.8, 4) is 0 Å². The lowest BCUT2D eigenvalue weighted by molar-refractivity contribution is -0.117. The van der Waals surface area contributed by atoms with Gasteiger partial charge in [0.15, 0.2) is 0 Å². The lowest BCUT2D eigenvalue weighted by Crippen LogP contribution is -2.46. The van der Waals surface area contributed by atoms with E-state index < -0.39 is 0 Å². The summed E-state index contributed by atoms with van der Waals surface area (Å²) in [5.74, 6) is -0.0627. The van der Waals surface area contributed by atoms with E-state index in [0.29, 0.717) is 11.6 Å². The van der Waals surface area contributed by atoms with Crippen molar-refractivity contribution in [2.75, 3.05) is 38.2 Å². The normalized spacial score (nSPS) is 17.4. The number of carbonyl (C=O) groups is 1. The molecule has 1 aromatic carbocycles. The lowest BCUT2D eigenvalue weighted by atomic mass is 10.1. The number of halogens is 1. The molecule has 1 aliphatic rings. The van der Waals surface area contributed by atoms with Crippen LogP contribution in [0, 0.1) is 6.92 Å². The monoisotopic (exact) mass is 407 g/mol. The van der Waals surface area contributed by atoms with Gasteiger partial charge in [0.05, 0.1) is 25.3 Å². The number of hydrogen-bond donors (Lipinski definition) is 2. The van der Waals surface area contributed by atoms with Crippen molar-refractivity contribution in [3.63, 3.8) is 0 Å². The summed E-state index contributed by atoms with van der Waals surface area (Å²) in [4.78, 5) is 16.3.